The molecular formula is C22H38O5S2. The summed E-state index contributed by atoms with van der Waals surface area (Å²) >= 11 is 0. The molecule has 5 nitrogen and oxygen atoms in total. The third kappa shape index (κ3) is 5.04. The molecule has 3 aliphatic carbocycles. The summed E-state index contributed by atoms with van der Waals surface area (Å²) in [5.74, 6) is 3.43. The lowest BCUT2D eigenvalue weighted by Gasteiger charge is -2.54. The Morgan fingerprint density at radius 1 is 1.14 bits per heavy atom. The molecule has 0 amide bonds. The average molecular weight is 447 g/mol. The van der Waals surface area contributed by atoms with Gasteiger partial charge < -0.3 is 4.74 Å². The minimum absolute atomic E-state index is 0.00580. The first-order valence-corrected chi connectivity index (χ1v) is 14.3. The van der Waals surface area contributed by atoms with Gasteiger partial charge in [0.25, 0.3) is 0 Å². The van der Waals surface area contributed by atoms with Crippen LogP contribution in [-0.4, -0.2) is 38.2 Å². The Kier molecular flexibility index (Phi) is 7.78. The van der Waals surface area contributed by atoms with Gasteiger partial charge in [-0.2, -0.15) is 8.42 Å². The van der Waals surface area contributed by atoms with Gasteiger partial charge in [-0.25, -0.2) is 0 Å². The van der Waals surface area contributed by atoms with Crippen LogP contribution in [0.2, 0.25) is 0 Å². The van der Waals surface area contributed by atoms with E-state index in [1.165, 1.54) is 38.5 Å². The van der Waals surface area contributed by atoms with E-state index < -0.39 is 9.15 Å². The van der Waals surface area contributed by atoms with Crippen LogP contribution in [0.3, 0.4) is 0 Å². The molecule has 168 valence electrons. The van der Waals surface area contributed by atoms with Gasteiger partial charge in [-0.3, -0.25) is 9.35 Å². The number of hydrogen-bond acceptors (Lipinski definition) is 5. The largest absolute Gasteiger partial charge is 0.385 e. The van der Waals surface area contributed by atoms with Crippen molar-refractivity contribution in [2.75, 3.05) is 19.5 Å². The van der Waals surface area contributed by atoms with E-state index in [9.17, 15) is 13.2 Å². The summed E-state index contributed by atoms with van der Waals surface area (Å²) in [5.41, 5.74) is -0.00580. The molecule has 0 spiro atoms. The minimum atomic E-state index is -4.16. The molecule has 0 heterocycles. The highest BCUT2D eigenvalue weighted by Gasteiger charge is 2.57. The van der Waals surface area contributed by atoms with Crippen molar-refractivity contribution in [3.05, 3.63) is 0 Å². The molecule has 0 saturated heterocycles. The molecule has 7 heteroatoms. The molecule has 7 unspecified atom stereocenters. The molecule has 1 N–H and O–H groups in total. The highest BCUT2D eigenvalue weighted by Crippen LogP contribution is 2.63. The van der Waals surface area contributed by atoms with Crippen molar-refractivity contribution in [1.82, 2.24) is 0 Å². The zero-order valence-corrected chi connectivity index (χ0v) is 19.8. The van der Waals surface area contributed by atoms with Crippen molar-refractivity contribution in [2.45, 2.75) is 71.6 Å². The van der Waals surface area contributed by atoms with Gasteiger partial charge in [-0.15, -0.1) is 0 Å². The summed E-state index contributed by atoms with van der Waals surface area (Å²) < 4.78 is 36.5. The number of methoxy groups -OCH3 is 1. The van der Waals surface area contributed by atoms with Gasteiger partial charge in [0.1, 0.15) is 5.78 Å². The number of carbonyl (C=O) groups is 1. The first-order valence-electron chi connectivity index (χ1n) is 11.3. The Bertz CT molecular complexity index is 679. The van der Waals surface area contributed by atoms with Crippen molar-refractivity contribution in [1.29, 1.82) is 0 Å². The van der Waals surface area contributed by atoms with Crippen LogP contribution >= 0.6 is 10.8 Å². The molecule has 0 radical (unpaired) electrons. The van der Waals surface area contributed by atoms with E-state index in [0.29, 0.717) is 22.6 Å². The number of hydrogen-bond donors (Lipinski definition) is 1. The smallest absolute Gasteiger partial charge is 0.320 e. The van der Waals surface area contributed by atoms with E-state index >= 15 is 0 Å². The predicted octanol–water partition coefficient (Wildman–Crippen LogP) is 5.01. The van der Waals surface area contributed by atoms with Crippen molar-refractivity contribution in [2.24, 2.45) is 40.9 Å². The fourth-order valence-corrected chi connectivity index (χ4v) is 8.67. The molecule has 3 rings (SSSR count). The lowest BCUT2D eigenvalue weighted by molar-refractivity contribution is -0.127. The summed E-state index contributed by atoms with van der Waals surface area (Å²) in [5, 5.41) is 0. The minimum Gasteiger partial charge on any atom is -0.385 e. The van der Waals surface area contributed by atoms with E-state index in [1.807, 2.05) is 0 Å². The quantitative estimate of drug-likeness (QED) is 0.396. The monoisotopic (exact) mass is 446 g/mol. The fraction of sp³-hybridized carbons (Fsp3) is 0.955. The molecule has 0 aromatic rings. The molecule has 29 heavy (non-hydrogen) atoms. The first-order chi connectivity index (χ1) is 13.7. The summed E-state index contributed by atoms with van der Waals surface area (Å²) in [4.78, 5) is 12.8. The van der Waals surface area contributed by atoms with Crippen LogP contribution in [0.1, 0.15) is 71.6 Å². The van der Waals surface area contributed by atoms with Crippen LogP contribution in [0.15, 0.2) is 0 Å². The van der Waals surface area contributed by atoms with Gasteiger partial charge in [0, 0.05) is 30.4 Å². The number of ether oxygens (including phenoxy) is 1. The lowest BCUT2D eigenvalue weighted by atomic mass is 9.50. The first kappa shape index (κ1) is 23.6. The SMILES string of the molecule is CCCC1C(CCOC)CCC2C1CCC1(C)C(C(=O)CSS(=O)(=O)O)CCC21. The van der Waals surface area contributed by atoms with Gasteiger partial charge in [0.15, 0.2) is 0 Å². The predicted molar refractivity (Wildman–Crippen MR) is 117 cm³/mol. The molecule has 0 aromatic carbocycles. The van der Waals surface area contributed by atoms with Crippen molar-refractivity contribution in [3.63, 3.8) is 0 Å². The summed E-state index contributed by atoms with van der Waals surface area (Å²) in [6.07, 6.45) is 10.5. The van der Waals surface area contributed by atoms with Crippen molar-refractivity contribution < 1.29 is 22.5 Å². The summed E-state index contributed by atoms with van der Waals surface area (Å²) in [7, 11) is -1.99. The maximum absolute atomic E-state index is 12.8. The highest BCUT2D eigenvalue weighted by atomic mass is 33.1. The molecule has 3 fully saturated rings. The van der Waals surface area contributed by atoms with Crippen LogP contribution in [0.4, 0.5) is 0 Å². The number of ketones is 1. The van der Waals surface area contributed by atoms with Crippen LogP contribution < -0.4 is 0 Å². The Morgan fingerprint density at radius 2 is 1.90 bits per heavy atom. The molecule has 0 aliphatic heterocycles. The third-order valence-corrected chi connectivity index (χ3v) is 10.5. The second-order valence-electron chi connectivity index (χ2n) is 9.84. The van der Waals surface area contributed by atoms with Gasteiger partial charge in [0.05, 0.1) is 5.75 Å². The molecule has 7 atom stereocenters. The van der Waals surface area contributed by atoms with E-state index in [-0.39, 0.29) is 22.9 Å². The Balaban J connectivity index is 1.72. The molecule has 0 aromatic heterocycles. The fourth-order valence-electron chi connectivity index (χ4n) is 7.41. The molecule has 3 aliphatic rings. The number of rotatable bonds is 9. The lowest BCUT2D eigenvalue weighted by Crippen LogP contribution is -2.48. The molecule has 3 saturated carbocycles. The number of carbonyl (C=O) groups excluding carboxylic acids is 1. The summed E-state index contributed by atoms with van der Waals surface area (Å²) in [6, 6.07) is 0. The van der Waals surface area contributed by atoms with Gasteiger partial charge in [-0.1, -0.05) is 26.7 Å². The Hall–Kier alpha value is -0.110. The maximum Gasteiger partial charge on any atom is 0.320 e. The number of fused-ring (bicyclic) bond motifs is 3. The maximum atomic E-state index is 12.8. The summed E-state index contributed by atoms with van der Waals surface area (Å²) in [6.45, 7) is 5.43. The van der Waals surface area contributed by atoms with Crippen LogP contribution in [-0.2, 0) is 18.7 Å². The van der Waals surface area contributed by atoms with Gasteiger partial charge >= 0.3 is 9.15 Å². The van der Waals surface area contributed by atoms with Gasteiger partial charge in [-0.05, 0) is 80.0 Å². The van der Waals surface area contributed by atoms with E-state index in [0.717, 1.165) is 43.6 Å². The van der Waals surface area contributed by atoms with E-state index in [1.54, 1.807) is 7.11 Å². The molecule has 0 bridgehead atoms. The third-order valence-electron chi connectivity index (χ3n) is 8.57. The topological polar surface area (TPSA) is 80.7 Å². The standard InChI is InChI=1S/C22H38O5S2/c1-4-5-16-15(11-13-27-3)6-7-18-17(16)10-12-22(2)19(18)8-9-20(22)21(23)14-28-29(24,25)26/h15-20H,4-14H2,1-3H3,(H,24,25,26). The van der Waals surface area contributed by atoms with E-state index in [2.05, 4.69) is 13.8 Å². The second kappa shape index (κ2) is 9.58. The Labute approximate surface area is 180 Å². The molecular weight excluding hydrogens is 408 g/mol. The second-order valence-corrected chi connectivity index (χ2v) is 13.2. The zero-order chi connectivity index (χ0) is 21.2. The van der Waals surface area contributed by atoms with Crippen molar-refractivity contribution >= 4 is 25.7 Å². The highest BCUT2D eigenvalue weighted by molar-refractivity contribution is 8.70. The number of Topliss-reactive ketones (excluding diaryl/α,β-unsaturated/α-hetero) is 1. The zero-order valence-electron chi connectivity index (χ0n) is 18.1. The normalized spacial score (nSPS) is 39.7. The van der Waals surface area contributed by atoms with Gasteiger partial charge in [0.2, 0.25) is 0 Å². The van der Waals surface area contributed by atoms with Crippen LogP contribution in [0.5, 0.6) is 0 Å². The van der Waals surface area contributed by atoms with E-state index in [4.69, 9.17) is 9.29 Å². The van der Waals surface area contributed by atoms with Crippen molar-refractivity contribution in [3.8, 4) is 0 Å². The van der Waals surface area contributed by atoms with Crippen LogP contribution in [0.25, 0.3) is 0 Å². The Morgan fingerprint density at radius 3 is 2.55 bits per heavy atom. The average Bonchev–Trinajstić information content (AvgIpc) is 3.02. The van der Waals surface area contributed by atoms with Crippen LogP contribution in [0, 0.1) is 40.9 Å².